The molecule has 1 atom stereocenters. The summed E-state index contributed by atoms with van der Waals surface area (Å²) >= 11 is 5.68. The van der Waals surface area contributed by atoms with Gasteiger partial charge in [0.15, 0.2) is 13.2 Å². The van der Waals surface area contributed by atoms with E-state index in [0.29, 0.717) is 31.2 Å². The van der Waals surface area contributed by atoms with Gasteiger partial charge in [-0.05, 0) is 56.4 Å². The van der Waals surface area contributed by atoms with Gasteiger partial charge in [0.25, 0.3) is 11.8 Å². The average molecular weight is 581 g/mol. The topological polar surface area (TPSA) is 112 Å². The van der Waals surface area contributed by atoms with Gasteiger partial charge in [-0.2, -0.15) is 0 Å². The number of hydrogen-bond donors (Lipinski definition) is 2. The average Bonchev–Trinajstić information content (AvgIpc) is 2.91. The molecule has 5 rings (SSSR count). The highest BCUT2D eigenvalue weighted by atomic mass is 35.5. The van der Waals surface area contributed by atoms with E-state index in [2.05, 4.69) is 10.6 Å². The molecule has 3 aliphatic carbocycles. The van der Waals surface area contributed by atoms with Gasteiger partial charge in [-0.15, -0.1) is 0 Å². The Hall–Kier alpha value is -3.44. The van der Waals surface area contributed by atoms with Crippen LogP contribution < -0.4 is 20.1 Å². The van der Waals surface area contributed by atoms with Crippen LogP contribution in [0.15, 0.2) is 36.4 Å². The van der Waals surface area contributed by atoms with Crippen LogP contribution in [0.3, 0.4) is 0 Å². The molecule has 0 unspecified atom stereocenters. The lowest BCUT2D eigenvalue weighted by molar-refractivity contribution is -0.170. The zero-order valence-electron chi connectivity index (χ0n) is 22.2. The SMILES string of the molecule is COCC(=O)O[C@H]1CC2(NC(=O)COc3ccc(Cl)c(F)c3)CCC1(NC(=O)COc1ccc(C)c(F)c1)CC2. The van der Waals surface area contributed by atoms with Gasteiger partial charge in [0.2, 0.25) is 0 Å². The third kappa shape index (κ3) is 7.00. The summed E-state index contributed by atoms with van der Waals surface area (Å²) in [4.78, 5) is 38.0. The maximum absolute atomic E-state index is 13.8. The molecule has 0 radical (unpaired) electrons. The number of ether oxygens (including phenoxy) is 4. The van der Waals surface area contributed by atoms with Crippen molar-refractivity contribution < 1.29 is 42.1 Å². The monoisotopic (exact) mass is 580 g/mol. The summed E-state index contributed by atoms with van der Waals surface area (Å²) in [6.45, 7) is 0.648. The van der Waals surface area contributed by atoms with Crippen LogP contribution >= 0.6 is 11.6 Å². The smallest absolute Gasteiger partial charge is 0.332 e. The van der Waals surface area contributed by atoms with E-state index in [1.807, 2.05) is 0 Å². The Labute approximate surface area is 235 Å². The van der Waals surface area contributed by atoms with E-state index in [1.165, 1.54) is 25.3 Å². The summed E-state index contributed by atoms with van der Waals surface area (Å²) in [5, 5.41) is 5.93. The van der Waals surface area contributed by atoms with E-state index in [1.54, 1.807) is 19.1 Å². The summed E-state index contributed by atoms with van der Waals surface area (Å²) in [5.74, 6) is -2.19. The highest BCUT2D eigenvalue weighted by Gasteiger charge is 2.57. The van der Waals surface area contributed by atoms with Crippen molar-refractivity contribution in [1.29, 1.82) is 0 Å². The molecule has 2 amide bonds. The lowest BCUT2D eigenvalue weighted by atomic mass is 9.59. The molecule has 2 aromatic carbocycles. The van der Waals surface area contributed by atoms with Crippen molar-refractivity contribution in [2.24, 2.45) is 0 Å². The van der Waals surface area contributed by atoms with Gasteiger partial charge in [-0.25, -0.2) is 13.6 Å². The highest BCUT2D eigenvalue weighted by Crippen LogP contribution is 2.48. The molecule has 3 fully saturated rings. The number of nitrogens with one attached hydrogen (secondary N) is 2. The number of halogens is 3. The maximum atomic E-state index is 13.8. The predicted octanol–water partition coefficient (Wildman–Crippen LogP) is 3.63. The first-order valence-corrected chi connectivity index (χ1v) is 13.2. The summed E-state index contributed by atoms with van der Waals surface area (Å²) in [5.41, 5.74) is -1.10. The number of rotatable bonds is 11. The van der Waals surface area contributed by atoms with Crippen molar-refractivity contribution in [2.75, 3.05) is 26.9 Å². The van der Waals surface area contributed by atoms with Gasteiger partial charge in [0.1, 0.15) is 35.8 Å². The highest BCUT2D eigenvalue weighted by molar-refractivity contribution is 6.30. The Morgan fingerprint density at radius 3 is 2.10 bits per heavy atom. The molecule has 0 aromatic heterocycles. The Balaban J connectivity index is 1.39. The van der Waals surface area contributed by atoms with Gasteiger partial charge >= 0.3 is 5.97 Å². The van der Waals surface area contributed by atoms with Gasteiger partial charge in [0, 0.05) is 31.2 Å². The lowest BCUT2D eigenvalue weighted by Crippen LogP contribution is -2.71. The molecule has 0 aliphatic heterocycles. The fourth-order valence-electron chi connectivity index (χ4n) is 5.27. The predicted molar refractivity (Wildman–Crippen MR) is 140 cm³/mol. The van der Waals surface area contributed by atoms with Crippen molar-refractivity contribution in [3.05, 3.63) is 58.6 Å². The molecule has 2 aromatic rings. The van der Waals surface area contributed by atoms with Crippen LogP contribution in [-0.4, -0.2) is 61.9 Å². The van der Waals surface area contributed by atoms with Crippen molar-refractivity contribution in [2.45, 2.75) is 56.2 Å². The normalized spacial score (nSPS) is 23.3. The zero-order valence-corrected chi connectivity index (χ0v) is 22.9. The van der Waals surface area contributed by atoms with Gasteiger partial charge < -0.3 is 29.6 Å². The second kappa shape index (κ2) is 12.4. The van der Waals surface area contributed by atoms with Crippen LogP contribution in [0, 0.1) is 18.6 Å². The molecular weight excluding hydrogens is 550 g/mol. The second-order valence-electron chi connectivity index (χ2n) is 10.2. The molecule has 0 heterocycles. The molecular formula is C28H31ClF2N2O7. The van der Waals surface area contributed by atoms with E-state index >= 15 is 0 Å². The number of amides is 2. The van der Waals surface area contributed by atoms with Crippen LogP contribution in [0.25, 0.3) is 0 Å². The fourth-order valence-corrected chi connectivity index (χ4v) is 5.39. The molecule has 40 heavy (non-hydrogen) atoms. The number of carbonyl (C=O) groups excluding carboxylic acids is 3. The molecule has 0 spiro atoms. The zero-order chi connectivity index (χ0) is 28.9. The molecule has 3 saturated carbocycles. The van der Waals surface area contributed by atoms with E-state index in [0.717, 1.165) is 6.07 Å². The van der Waals surface area contributed by atoms with Gasteiger partial charge in [-0.3, -0.25) is 9.59 Å². The minimum Gasteiger partial charge on any atom is -0.484 e. The Kier molecular flexibility index (Phi) is 9.15. The molecule has 2 N–H and O–H groups in total. The fraction of sp³-hybridized carbons (Fsp3) is 0.464. The summed E-state index contributed by atoms with van der Waals surface area (Å²) in [6.07, 6.45) is 1.38. The van der Waals surface area contributed by atoms with E-state index < -0.39 is 46.6 Å². The van der Waals surface area contributed by atoms with Crippen LogP contribution in [0.1, 0.15) is 37.7 Å². The quantitative estimate of drug-likeness (QED) is 0.390. The minimum atomic E-state index is -0.869. The van der Waals surface area contributed by atoms with Crippen LogP contribution in [0.2, 0.25) is 5.02 Å². The third-order valence-electron chi connectivity index (χ3n) is 7.39. The van der Waals surface area contributed by atoms with Crippen LogP contribution in [0.5, 0.6) is 11.5 Å². The molecule has 0 saturated heterocycles. The van der Waals surface area contributed by atoms with E-state index in [4.69, 9.17) is 30.5 Å². The molecule has 3 aliphatic rings. The molecule has 9 nitrogen and oxygen atoms in total. The minimum absolute atomic E-state index is 0.0552. The number of esters is 1. The standard InChI is InChI=1S/C28H31ClF2N2O7/c1-17-3-4-18(11-21(17)30)39-15-25(35)33-28-9-7-27(8-10-28,13-23(28)40-26(36)16-37-2)32-24(34)14-38-19-5-6-20(29)22(31)12-19/h3-6,11-12,23H,7-10,13-16H2,1-2H3,(H,32,34)(H,33,35)/t23-,27?,28?/m0/s1. The number of fused-ring (bicyclic) bond motifs is 3. The van der Waals surface area contributed by atoms with Crippen LogP contribution in [0.4, 0.5) is 8.78 Å². The summed E-state index contributed by atoms with van der Waals surface area (Å²) in [7, 11) is 1.37. The third-order valence-corrected chi connectivity index (χ3v) is 7.70. The summed E-state index contributed by atoms with van der Waals surface area (Å²) < 4.78 is 49.0. The number of aryl methyl sites for hydroxylation is 1. The Morgan fingerprint density at radius 1 is 0.900 bits per heavy atom. The van der Waals surface area contributed by atoms with Gasteiger partial charge in [-0.1, -0.05) is 17.7 Å². The summed E-state index contributed by atoms with van der Waals surface area (Å²) in [6, 6.07) is 8.23. The molecule has 2 bridgehead atoms. The lowest BCUT2D eigenvalue weighted by Gasteiger charge is -2.57. The maximum Gasteiger partial charge on any atom is 0.332 e. The number of hydrogen-bond acceptors (Lipinski definition) is 7. The van der Waals surface area contributed by atoms with Crippen molar-refractivity contribution in [3.8, 4) is 11.5 Å². The first kappa shape index (κ1) is 29.5. The second-order valence-corrected chi connectivity index (χ2v) is 10.6. The molecule has 216 valence electrons. The van der Waals surface area contributed by atoms with Crippen molar-refractivity contribution in [1.82, 2.24) is 10.6 Å². The Morgan fingerprint density at radius 2 is 1.50 bits per heavy atom. The van der Waals surface area contributed by atoms with Crippen molar-refractivity contribution in [3.63, 3.8) is 0 Å². The number of methoxy groups -OCH3 is 1. The van der Waals surface area contributed by atoms with Crippen LogP contribution in [-0.2, 0) is 23.9 Å². The van der Waals surface area contributed by atoms with Gasteiger partial charge in [0.05, 0.1) is 10.6 Å². The number of benzene rings is 2. The number of carbonyl (C=O) groups is 3. The largest absolute Gasteiger partial charge is 0.484 e. The molecule has 12 heteroatoms. The van der Waals surface area contributed by atoms with E-state index in [9.17, 15) is 23.2 Å². The van der Waals surface area contributed by atoms with Crippen molar-refractivity contribution >= 4 is 29.4 Å². The first-order valence-electron chi connectivity index (χ1n) is 12.8. The van der Waals surface area contributed by atoms with E-state index in [-0.39, 0.29) is 42.8 Å². The Bertz CT molecular complexity index is 1270. The first-order chi connectivity index (χ1) is 19.0.